The van der Waals surface area contributed by atoms with Crippen LogP contribution in [0.25, 0.3) is 0 Å². The molecule has 0 bridgehead atoms. The highest BCUT2D eigenvalue weighted by Gasteiger charge is 2.49. The SMILES string of the molecule is CN=S(=O)(C[C@]1(O)CCC[C]2[CH][CH][CH][C]21)c1ccccc1. The van der Waals surface area contributed by atoms with Crippen molar-refractivity contribution in [3.05, 3.63) is 61.4 Å². The van der Waals surface area contributed by atoms with E-state index in [1.54, 1.807) is 7.05 Å². The number of aliphatic hydroxyl groups is 1. The number of hydrogen-bond donors (Lipinski definition) is 1. The summed E-state index contributed by atoms with van der Waals surface area (Å²) in [6.07, 6.45) is 8.52. The van der Waals surface area contributed by atoms with Gasteiger partial charge in [0, 0.05) is 17.9 Å². The third-order valence-corrected chi connectivity index (χ3v) is 6.75. The molecule has 1 aromatic carbocycles. The topological polar surface area (TPSA) is 49.7 Å². The van der Waals surface area contributed by atoms with E-state index in [1.165, 1.54) is 5.92 Å². The number of fused-ring (bicyclic) bond motifs is 1. The quantitative estimate of drug-likeness (QED) is 0.933. The van der Waals surface area contributed by atoms with E-state index in [9.17, 15) is 9.32 Å². The van der Waals surface area contributed by atoms with E-state index in [0.717, 1.165) is 18.8 Å². The second-order valence-corrected chi connectivity index (χ2v) is 8.04. The lowest BCUT2D eigenvalue weighted by Crippen LogP contribution is -2.46. The van der Waals surface area contributed by atoms with Gasteiger partial charge in [-0.15, -0.1) is 0 Å². The fourth-order valence-corrected chi connectivity index (χ4v) is 5.23. The van der Waals surface area contributed by atoms with Gasteiger partial charge in [0.05, 0.1) is 21.1 Å². The first-order valence-electron chi connectivity index (χ1n) is 7.23. The molecular weight excluding hydrogens is 282 g/mol. The van der Waals surface area contributed by atoms with E-state index in [4.69, 9.17) is 0 Å². The van der Waals surface area contributed by atoms with E-state index < -0.39 is 15.3 Å². The molecule has 0 heterocycles. The van der Waals surface area contributed by atoms with Crippen LogP contribution in [0.5, 0.6) is 0 Å². The first kappa shape index (κ1) is 15.0. The number of nitrogens with zero attached hydrogens (tertiary/aromatic N) is 1. The smallest absolute Gasteiger partial charge is 0.0845 e. The zero-order valence-electron chi connectivity index (χ0n) is 12.2. The van der Waals surface area contributed by atoms with E-state index >= 15 is 0 Å². The highest BCUT2D eigenvalue weighted by molar-refractivity contribution is 7.93. The van der Waals surface area contributed by atoms with Crippen LogP contribution in [0.4, 0.5) is 0 Å². The second kappa shape index (κ2) is 5.73. The van der Waals surface area contributed by atoms with Gasteiger partial charge >= 0.3 is 0 Å². The van der Waals surface area contributed by atoms with Crippen molar-refractivity contribution in [1.82, 2.24) is 0 Å². The minimum absolute atomic E-state index is 0.164. The summed E-state index contributed by atoms with van der Waals surface area (Å²) in [5.74, 6) is 2.27. The maximum Gasteiger partial charge on any atom is 0.0845 e. The zero-order valence-corrected chi connectivity index (χ0v) is 13.0. The number of benzene rings is 1. The molecular formula is C17H20NO2S. The monoisotopic (exact) mass is 302 g/mol. The maximum atomic E-state index is 13.2. The molecule has 3 nitrogen and oxygen atoms in total. The average Bonchev–Trinajstić information content (AvgIpc) is 2.98. The van der Waals surface area contributed by atoms with Crippen molar-refractivity contribution in [2.24, 2.45) is 4.36 Å². The molecule has 0 spiro atoms. The number of rotatable bonds is 3. The van der Waals surface area contributed by atoms with Crippen molar-refractivity contribution in [1.29, 1.82) is 0 Å². The lowest BCUT2D eigenvalue weighted by molar-refractivity contribution is 0.0616. The van der Waals surface area contributed by atoms with Crippen LogP contribution >= 0.6 is 0 Å². The summed E-state index contributed by atoms with van der Waals surface area (Å²) < 4.78 is 17.4. The largest absolute Gasteiger partial charge is 0.388 e. The molecule has 1 aromatic rings. The van der Waals surface area contributed by atoms with E-state index in [2.05, 4.69) is 4.36 Å². The van der Waals surface area contributed by atoms with Crippen LogP contribution in [0, 0.1) is 31.1 Å². The van der Waals surface area contributed by atoms with Crippen LogP contribution in [-0.2, 0) is 9.73 Å². The molecule has 5 radical (unpaired) electrons. The molecule has 0 amide bonds. The summed E-state index contributed by atoms with van der Waals surface area (Å²) >= 11 is 0. The van der Waals surface area contributed by atoms with Gasteiger partial charge in [-0.1, -0.05) is 18.2 Å². The van der Waals surface area contributed by atoms with Crippen molar-refractivity contribution in [3.63, 3.8) is 0 Å². The average molecular weight is 302 g/mol. The molecule has 3 rings (SSSR count). The second-order valence-electron chi connectivity index (χ2n) is 5.63. The third kappa shape index (κ3) is 2.76. The minimum atomic E-state index is -2.61. The maximum absolute atomic E-state index is 13.2. The summed E-state index contributed by atoms with van der Waals surface area (Å²) in [6.45, 7) is 0. The van der Waals surface area contributed by atoms with Gasteiger partial charge < -0.3 is 5.11 Å². The van der Waals surface area contributed by atoms with Gasteiger partial charge in [0.2, 0.25) is 0 Å². The van der Waals surface area contributed by atoms with Crippen LogP contribution < -0.4 is 0 Å². The Balaban J connectivity index is 1.92. The Morgan fingerprint density at radius 3 is 2.76 bits per heavy atom. The van der Waals surface area contributed by atoms with Gasteiger partial charge in [-0.3, -0.25) is 0 Å². The fourth-order valence-electron chi connectivity index (χ4n) is 3.20. The first-order valence-corrected chi connectivity index (χ1v) is 8.91. The molecule has 1 N–H and O–H groups in total. The van der Waals surface area contributed by atoms with Crippen molar-refractivity contribution in [2.45, 2.75) is 29.8 Å². The van der Waals surface area contributed by atoms with Crippen LogP contribution in [0.15, 0.2) is 39.6 Å². The van der Waals surface area contributed by atoms with Crippen LogP contribution in [-0.4, -0.2) is 27.7 Å². The van der Waals surface area contributed by atoms with Crippen molar-refractivity contribution >= 4 is 9.73 Å². The molecule has 0 saturated heterocycles. The van der Waals surface area contributed by atoms with Gasteiger partial charge in [0.1, 0.15) is 0 Å². The Labute approximate surface area is 128 Å². The van der Waals surface area contributed by atoms with Crippen molar-refractivity contribution in [3.8, 4) is 0 Å². The summed E-state index contributed by atoms with van der Waals surface area (Å²) in [6, 6.07) is 9.27. The Bertz CT molecular complexity index is 606. The molecule has 2 aliphatic rings. The molecule has 21 heavy (non-hydrogen) atoms. The van der Waals surface area contributed by atoms with Gasteiger partial charge in [-0.2, -0.15) is 0 Å². The van der Waals surface area contributed by atoms with Gasteiger partial charge in [-0.05, 0) is 56.6 Å². The Kier molecular flexibility index (Phi) is 4.10. The van der Waals surface area contributed by atoms with E-state index in [1.807, 2.05) is 49.6 Å². The van der Waals surface area contributed by atoms with Gasteiger partial charge in [-0.25, -0.2) is 8.57 Å². The van der Waals surface area contributed by atoms with Crippen LogP contribution in [0.1, 0.15) is 19.3 Å². The third-order valence-electron chi connectivity index (χ3n) is 4.28. The van der Waals surface area contributed by atoms with Crippen LogP contribution in [0.2, 0.25) is 0 Å². The fraction of sp³-hybridized carbons (Fsp3) is 0.353. The molecule has 2 saturated carbocycles. The Morgan fingerprint density at radius 1 is 1.29 bits per heavy atom. The van der Waals surface area contributed by atoms with Crippen molar-refractivity contribution in [2.75, 3.05) is 12.8 Å². The highest BCUT2D eigenvalue weighted by atomic mass is 32.2. The predicted molar refractivity (Wildman–Crippen MR) is 84.3 cm³/mol. The summed E-state index contributed by atoms with van der Waals surface area (Å²) in [5, 5.41) is 11.1. The number of hydrogen-bond acceptors (Lipinski definition) is 3. The lowest BCUT2D eigenvalue weighted by Gasteiger charge is -2.41. The lowest BCUT2D eigenvalue weighted by atomic mass is 9.71. The molecule has 2 fully saturated rings. The van der Waals surface area contributed by atoms with Gasteiger partial charge in [0.15, 0.2) is 0 Å². The first-order chi connectivity index (χ1) is 10.1. The Morgan fingerprint density at radius 2 is 2.05 bits per heavy atom. The van der Waals surface area contributed by atoms with Gasteiger partial charge in [0.25, 0.3) is 0 Å². The van der Waals surface area contributed by atoms with E-state index in [0.29, 0.717) is 11.3 Å². The molecule has 1 unspecified atom stereocenters. The normalized spacial score (nSPS) is 29.8. The molecule has 0 aliphatic heterocycles. The summed E-state index contributed by atoms with van der Waals surface area (Å²) in [4.78, 5) is 0.694. The highest BCUT2D eigenvalue weighted by Crippen LogP contribution is 2.50. The van der Waals surface area contributed by atoms with E-state index in [-0.39, 0.29) is 5.75 Å². The molecule has 2 aliphatic carbocycles. The van der Waals surface area contributed by atoms with Crippen LogP contribution in [0.3, 0.4) is 0 Å². The van der Waals surface area contributed by atoms with Crippen molar-refractivity contribution < 1.29 is 9.32 Å². The minimum Gasteiger partial charge on any atom is -0.388 e. The standard InChI is InChI=1S/C17H20NO2S/c1-18-21(20,15-9-3-2-4-10-15)13-17(19)12-6-8-14-7-5-11-16(14)17/h2-5,7,9-11,19H,6,8,12-13H2,1H3/t17-,21?/m1/s1. The molecule has 2 atom stereocenters. The molecule has 0 aromatic heterocycles. The Hall–Kier alpha value is -0.870. The predicted octanol–water partition coefficient (Wildman–Crippen LogP) is 2.83. The zero-order chi connectivity index (χ0) is 14.9. The molecule has 4 heteroatoms. The summed E-state index contributed by atoms with van der Waals surface area (Å²) in [7, 11) is -1.03. The molecule has 111 valence electrons. The summed E-state index contributed by atoms with van der Waals surface area (Å²) in [5.41, 5.74) is -1.04.